The van der Waals surface area contributed by atoms with E-state index in [0.717, 1.165) is 67.2 Å². The van der Waals surface area contributed by atoms with Crippen molar-refractivity contribution in [1.82, 2.24) is 19.5 Å². The molecule has 9 aromatic rings. The predicted octanol–water partition coefficient (Wildman–Crippen LogP) is 11.8. The van der Waals surface area contributed by atoms with E-state index in [2.05, 4.69) is 156 Å². The largest absolute Gasteiger partial charge is 0.454 e. The minimum atomic E-state index is 0.301. The monoisotopic (exact) mass is 666 g/mol. The second kappa shape index (κ2) is 11.3. The molecular formula is C47H30N4O. The highest BCUT2D eigenvalue weighted by Gasteiger charge is 2.24. The molecule has 0 spiro atoms. The number of nitrogens with zero attached hydrogens (tertiary/aromatic N) is 4. The summed E-state index contributed by atoms with van der Waals surface area (Å²) in [6.07, 6.45) is 13.9. The van der Waals surface area contributed by atoms with Gasteiger partial charge in [0.1, 0.15) is 5.58 Å². The molecule has 2 aliphatic carbocycles. The van der Waals surface area contributed by atoms with Gasteiger partial charge in [0.15, 0.2) is 23.1 Å². The van der Waals surface area contributed by atoms with E-state index in [1.165, 1.54) is 21.7 Å². The van der Waals surface area contributed by atoms with Crippen molar-refractivity contribution in [1.29, 1.82) is 0 Å². The molecule has 5 heteroatoms. The van der Waals surface area contributed by atoms with Crippen molar-refractivity contribution >= 4 is 60.1 Å². The molecule has 0 radical (unpaired) electrons. The highest BCUT2D eigenvalue weighted by atomic mass is 16.3. The lowest BCUT2D eigenvalue weighted by Gasteiger charge is -2.22. The number of hydrogen-bond donors (Lipinski definition) is 0. The molecule has 3 heterocycles. The van der Waals surface area contributed by atoms with Crippen LogP contribution < -0.4 is 0 Å². The molecule has 0 fully saturated rings. The number of para-hydroxylation sites is 3. The van der Waals surface area contributed by atoms with E-state index in [9.17, 15) is 0 Å². The van der Waals surface area contributed by atoms with Crippen molar-refractivity contribution in [2.75, 3.05) is 0 Å². The molecule has 0 N–H and O–H groups in total. The third-order valence-electron chi connectivity index (χ3n) is 10.6. The fourth-order valence-electron chi connectivity index (χ4n) is 8.11. The third kappa shape index (κ3) is 4.46. The summed E-state index contributed by atoms with van der Waals surface area (Å²) in [5.41, 5.74) is 9.16. The van der Waals surface area contributed by atoms with Gasteiger partial charge in [0, 0.05) is 38.6 Å². The van der Waals surface area contributed by atoms with Crippen LogP contribution in [0.1, 0.15) is 12.2 Å². The molecule has 0 saturated carbocycles. The Kier molecular flexibility index (Phi) is 6.31. The van der Waals surface area contributed by atoms with Gasteiger partial charge < -0.3 is 8.98 Å². The Labute approximate surface area is 299 Å². The number of rotatable bonds is 4. The topological polar surface area (TPSA) is 56.7 Å². The maximum atomic E-state index is 6.81. The van der Waals surface area contributed by atoms with Gasteiger partial charge in [0.25, 0.3) is 0 Å². The Bertz CT molecular complexity index is 3010. The average Bonchev–Trinajstić information content (AvgIpc) is 3.76. The number of allylic oxidation sites excluding steroid dienone is 8. The standard InChI is InChI=1S/C47H30N4O/c1-3-13-31-27-33(25-23-29(31)11-1)45-48-46(34-26-24-30-12-2-4-14-32(30)28-34)50-47(49-45)38-18-10-22-42-43(38)37-17-9-21-41(44(37)52-42)51-39-19-7-5-15-35(39)36-16-6-8-20-40(36)51/h1-27,32H,28H2. The molecule has 0 saturated heterocycles. The first-order chi connectivity index (χ1) is 25.8. The van der Waals surface area contributed by atoms with Crippen molar-refractivity contribution < 1.29 is 4.42 Å². The summed E-state index contributed by atoms with van der Waals surface area (Å²) in [7, 11) is 0. The van der Waals surface area contributed by atoms with Gasteiger partial charge in [-0.2, -0.15) is 0 Å². The second-order valence-corrected chi connectivity index (χ2v) is 13.6. The first-order valence-corrected chi connectivity index (χ1v) is 17.7. The third-order valence-corrected chi connectivity index (χ3v) is 10.6. The minimum absolute atomic E-state index is 0.301. The quantitative estimate of drug-likeness (QED) is 0.188. The summed E-state index contributed by atoms with van der Waals surface area (Å²) >= 11 is 0. The van der Waals surface area contributed by atoms with Gasteiger partial charge in [-0.1, -0.05) is 134 Å². The molecule has 6 aromatic carbocycles. The molecule has 0 bridgehead atoms. The highest BCUT2D eigenvalue weighted by molar-refractivity contribution is 6.15. The van der Waals surface area contributed by atoms with Crippen LogP contribution in [0, 0.1) is 5.92 Å². The van der Waals surface area contributed by atoms with Gasteiger partial charge in [-0.3, -0.25) is 0 Å². The Morgan fingerprint density at radius 3 is 2.19 bits per heavy atom. The van der Waals surface area contributed by atoms with Crippen LogP contribution in [0.25, 0.3) is 88.6 Å². The molecular weight excluding hydrogens is 637 g/mol. The summed E-state index contributed by atoms with van der Waals surface area (Å²) in [6.45, 7) is 0. The van der Waals surface area contributed by atoms with Crippen LogP contribution in [0.15, 0.2) is 174 Å². The smallest absolute Gasteiger partial charge is 0.164 e. The Morgan fingerprint density at radius 2 is 1.33 bits per heavy atom. The van der Waals surface area contributed by atoms with Gasteiger partial charge in [-0.15, -0.1) is 0 Å². The average molecular weight is 667 g/mol. The Hall–Kier alpha value is -6.85. The van der Waals surface area contributed by atoms with Gasteiger partial charge in [-0.25, -0.2) is 15.0 Å². The molecule has 11 rings (SSSR count). The van der Waals surface area contributed by atoms with Crippen molar-refractivity contribution in [2.45, 2.75) is 6.42 Å². The van der Waals surface area contributed by atoms with Crippen LogP contribution in [0.5, 0.6) is 0 Å². The van der Waals surface area contributed by atoms with Crippen LogP contribution in [0.4, 0.5) is 0 Å². The molecule has 0 amide bonds. The molecule has 5 nitrogen and oxygen atoms in total. The predicted molar refractivity (Wildman–Crippen MR) is 212 cm³/mol. The lowest BCUT2D eigenvalue weighted by Crippen LogP contribution is -2.10. The number of hydrogen-bond acceptors (Lipinski definition) is 4. The van der Waals surface area contributed by atoms with Gasteiger partial charge in [-0.05, 0) is 58.7 Å². The number of aromatic nitrogens is 4. The molecule has 52 heavy (non-hydrogen) atoms. The van der Waals surface area contributed by atoms with Gasteiger partial charge >= 0.3 is 0 Å². The van der Waals surface area contributed by atoms with Crippen molar-refractivity contribution in [2.24, 2.45) is 5.92 Å². The van der Waals surface area contributed by atoms with Crippen molar-refractivity contribution in [3.05, 3.63) is 175 Å². The zero-order valence-electron chi connectivity index (χ0n) is 28.1. The summed E-state index contributed by atoms with van der Waals surface area (Å²) in [6, 6.07) is 44.6. The molecule has 1 atom stereocenters. The van der Waals surface area contributed by atoms with E-state index in [1.54, 1.807) is 0 Å². The summed E-state index contributed by atoms with van der Waals surface area (Å²) in [5.74, 6) is 2.27. The van der Waals surface area contributed by atoms with E-state index < -0.39 is 0 Å². The Morgan fingerprint density at radius 1 is 0.596 bits per heavy atom. The fourth-order valence-corrected chi connectivity index (χ4v) is 8.11. The molecule has 1 unspecified atom stereocenters. The number of benzene rings is 6. The normalized spacial score (nSPS) is 15.5. The zero-order chi connectivity index (χ0) is 34.2. The molecule has 0 aliphatic heterocycles. The van der Waals surface area contributed by atoms with Gasteiger partial charge in [0.05, 0.1) is 16.7 Å². The molecule has 244 valence electrons. The van der Waals surface area contributed by atoms with Crippen LogP contribution >= 0.6 is 0 Å². The lowest BCUT2D eigenvalue weighted by molar-refractivity contribution is 0.666. The van der Waals surface area contributed by atoms with E-state index in [-0.39, 0.29) is 0 Å². The van der Waals surface area contributed by atoms with Crippen LogP contribution in [0.3, 0.4) is 0 Å². The maximum Gasteiger partial charge on any atom is 0.164 e. The first kappa shape index (κ1) is 28.9. The second-order valence-electron chi connectivity index (χ2n) is 13.6. The molecule has 3 aromatic heterocycles. The summed E-state index contributed by atoms with van der Waals surface area (Å²) in [5, 5.41) is 6.76. The SMILES string of the molecule is C1=CC2=CC=C(c3nc(-c4ccc5ccccc5c4)nc(-c4cccc5oc6c(-n7c8ccccc8c8ccccc87)cccc6c45)n3)CC2C=C1. The highest BCUT2D eigenvalue weighted by Crippen LogP contribution is 2.41. The van der Waals surface area contributed by atoms with E-state index in [1.807, 2.05) is 12.1 Å². The van der Waals surface area contributed by atoms with Gasteiger partial charge in [0.2, 0.25) is 0 Å². The zero-order valence-corrected chi connectivity index (χ0v) is 28.1. The van der Waals surface area contributed by atoms with E-state index >= 15 is 0 Å². The van der Waals surface area contributed by atoms with Crippen LogP contribution in [-0.4, -0.2) is 19.5 Å². The van der Waals surface area contributed by atoms with Crippen LogP contribution in [0.2, 0.25) is 0 Å². The first-order valence-electron chi connectivity index (χ1n) is 17.7. The lowest BCUT2D eigenvalue weighted by atomic mass is 9.84. The van der Waals surface area contributed by atoms with Crippen molar-refractivity contribution in [3.63, 3.8) is 0 Å². The van der Waals surface area contributed by atoms with Crippen LogP contribution in [-0.2, 0) is 0 Å². The molecule has 2 aliphatic rings. The minimum Gasteiger partial charge on any atom is -0.454 e. The number of fused-ring (bicyclic) bond motifs is 8. The van der Waals surface area contributed by atoms with Crippen molar-refractivity contribution in [3.8, 4) is 28.5 Å². The maximum absolute atomic E-state index is 6.81. The fraction of sp³-hybridized carbons (Fsp3) is 0.0426. The summed E-state index contributed by atoms with van der Waals surface area (Å²) < 4.78 is 9.13. The van der Waals surface area contributed by atoms with E-state index in [4.69, 9.17) is 19.4 Å². The number of furan rings is 1. The summed E-state index contributed by atoms with van der Waals surface area (Å²) in [4.78, 5) is 15.6. The van der Waals surface area contributed by atoms with E-state index in [0.29, 0.717) is 23.4 Å². The Balaban J connectivity index is 1.14.